The van der Waals surface area contributed by atoms with Crippen LogP contribution < -0.4 is 10.1 Å². The van der Waals surface area contributed by atoms with Crippen molar-refractivity contribution in [1.29, 1.82) is 0 Å². The van der Waals surface area contributed by atoms with Gasteiger partial charge < -0.3 is 14.8 Å². The van der Waals surface area contributed by atoms with Gasteiger partial charge in [0.15, 0.2) is 5.82 Å². The number of rotatable bonds is 3. The van der Waals surface area contributed by atoms with Gasteiger partial charge in [-0.3, -0.25) is 0 Å². The summed E-state index contributed by atoms with van der Waals surface area (Å²) in [5, 5.41) is 3.40. The largest absolute Gasteiger partial charge is 0.475 e. The standard InChI is InChI=1S/C14H19FN2O2/c15-11-3-1-6-17-13(11)19-10-14-5-2-8-18-12(14)4-7-16-9-14/h1,3,6,12,16H,2,4-5,7-10H2/t12-,14+/m1/s1. The van der Waals surface area contributed by atoms with Crippen molar-refractivity contribution in [3.05, 3.63) is 24.1 Å². The van der Waals surface area contributed by atoms with Crippen LogP contribution in [-0.4, -0.2) is 37.4 Å². The van der Waals surface area contributed by atoms with E-state index in [-0.39, 0.29) is 17.4 Å². The molecule has 0 saturated carbocycles. The fourth-order valence-electron chi connectivity index (χ4n) is 3.06. The normalized spacial score (nSPS) is 30.7. The molecule has 0 spiro atoms. The number of ether oxygens (including phenoxy) is 2. The van der Waals surface area contributed by atoms with Crippen LogP contribution in [0.3, 0.4) is 0 Å². The van der Waals surface area contributed by atoms with Crippen molar-refractivity contribution >= 4 is 0 Å². The van der Waals surface area contributed by atoms with E-state index < -0.39 is 5.82 Å². The maximum atomic E-state index is 13.5. The van der Waals surface area contributed by atoms with Gasteiger partial charge in [0.25, 0.3) is 0 Å². The fraction of sp³-hybridized carbons (Fsp3) is 0.643. The van der Waals surface area contributed by atoms with E-state index in [2.05, 4.69) is 10.3 Å². The van der Waals surface area contributed by atoms with E-state index in [1.165, 1.54) is 6.07 Å². The van der Waals surface area contributed by atoms with Crippen LogP contribution in [0.1, 0.15) is 19.3 Å². The van der Waals surface area contributed by atoms with Crippen molar-refractivity contribution in [1.82, 2.24) is 10.3 Å². The van der Waals surface area contributed by atoms with E-state index in [0.717, 1.165) is 39.0 Å². The lowest BCUT2D eigenvalue weighted by atomic mass is 9.73. The summed E-state index contributed by atoms with van der Waals surface area (Å²) in [7, 11) is 0. The van der Waals surface area contributed by atoms with Crippen molar-refractivity contribution < 1.29 is 13.9 Å². The molecule has 5 heteroatoms. The Balaban J connectivity index is 1.71. The summed E-state index contributed by atoms with van der Waals surface area (Å²) in [6, 6.07) is 2.93. The van der Waals surface area contributed by atoms with Crippen LogP contribution in [0.2, 0.25) is 0 Å². The third kappa shape index (κ3) is 2.58. The molecule has 2 atom stereocenters. The number of aromatic nitrogens is 1. The third-order valence-electron chi connectivity index (χ3n) is 4.10. The SMILES string of the molecule is Fc1cccnc1OC[C@@]12CCCO[C@@H]1CCNC2. The van der Waals surface area contributed by atoms with E-state index in [1.54, 1.807) is 12.3 Å². The van der Waals surface area contributed by atoms with E-state index in [1.807, 2.05) is 0 Å². The molecule has 2 aliphatic rings. The van der Waals surface area contributed by atoms with Gasteiger partial charge in [-0.05, 0) is 37.9 Å². The molecule has 4 nitrogen and oxygen atoms in total. The van der Waals surface area contributed by atoms with Gasteiger partial charge in [0, 0.05) is 24.8 Å². The van der Waals surface area contributed by atoms with Gasteiger partial charge in [0.05, 0.1) is 12.7 Å². The van der Waals surface area contributed by atoms with E-state index >= 15 is 0 Å². The van der Waals surface area contributed by atoms with Crippen LogP contribution in [0.5, 0.6) is 5.88 Å². The van der Waals surface area contributed by atoms with Crippen LogP contribution in [0, 0.1) is 11.2 Å². The highest BCUT2D eigenvalue weighted by molar-refractivity contribution is 5.13. The number of pyridine rings is 1. The second-order valence-corrected chi connectivity index (χ2v) is 5.37. The molecule has 2 aliphatic heterocycles. The zero-order valence-corrected chi connectivity index (χ0v) is 10.9. The maximum Gasteiger partial charge on any atom is 0.250 e. The summed E-state index contributed by atoms with van der Waals surface area (Å²) in [4.78, 5) is 3.94. The Kier molecular flexibility index (Phi) is 3.66. The Labute approximate surface area is 112 Å². The average molecular weight is 266 g/mol. The quantitative estimate of drug-likeness (QED) is 0.905. The highest BCUT2D eigenvalue weighted by Gasteiger charge is 2.44. The minimum absolute atomic E-state index is 0.0412. The third-order valence-corrected chi connectivity index (χ3v) is 4.10. The number of hydrogen-bond acceptors (Lipinski definition) is 4. The topological polar surface area (TPSA) is 43.4 Å². The monoisotopic (exact) mass is 266 g/mol. The second kappa shape index (κ2) is 5.43. The molecule has 0 amide bonds. The predicted octanol–water partition coefficient (Wildman–Crippen LogP) is 1.76. The van der Waals surface area contributed by atoms with Gasteiger partial charge in [0.1, 0.15) is 0 Å². The zero-order chi connectivity index (χ0) is 13.1. The van der Waals surface area contributed by atoms with Crippen molar-refractivity contribution in [2.24, 2.45) is 5.41 Å². The van der Waals surface area contributed by atoms with Gasteiger partial charge in [0.2, 0.25) is 5.88 Å². The molecule has 0 radical (unpaired) electrons. The Morgan fingerprint density at radius 1 is 1.58 bits per heavy atom. The Morgan fingerprint density at radius 2 is 2.53 bits per heavy atom. The number of fused-ring (bicyclic) bond motifs is 1. The number of piperidine rings is 1. The highest BCUT2D eigenvalue weighted by Crippen LogP contribution is 2.38. The van der Waals surface area contributed by atoms with E-state index in [0.29, 0.717) is 6.61 Å². The van der Waals surface area contributed by atoms with Crippen LogP contribution in [0.25, 0.3) is 0 Å². The molecule has 2 fully saturated rings. The summed E-state index contributed by atoms with van der Waals surface area (Å²) in [5.41, 5.74) is -0.0412. The van der Waals surface area contributed by atoms with Gasteiger partial charge in [-0.15, -0.1) is 0 Å². The van der Waals surface area contributed by atoms with Crippen LogP contribution in [0.4, 0.5) is 4.39 Å². The second-order valence-electron chi connectivity index (χ2n) is 5.37. The van der Waals surface area contributed by atoms with Gasteiger partial charge in [-0.2, -0.15) is 0 Å². The minimum atomic E-state index is -0.407. The molecule has 0 bridgehead atoms. The Bertz CT molecular complexity index is 429. The number of nitrogens with one attached hydrogen (secondary N) is 1. The predicted molar refractivity (Wildman–Crippen MR) is 68.6 cm³/mol. The van der Waals surface area contributed by atoms with E-state index in [9.17, 15) is 4.39 Å². The molecular weight excluding hydrogens is 247 g/mol. The molecule has 19 heavy (non-hydrogen) atoms. The molecule has 0 aliphatic carbocycles. The summed E-state index contributed by atoms with van der Waals surface area (Å²) < 4.78 is 25.0. The van der Waals surface area contributed by atoms with Gasteiger partial charge >= 0.3 is 0 Å². The first-order valence-electron chi connectivity index (χ1n) is 6.86. The lowest BCUT2D eigenvalue weighted by molar-refractivity contribution is -0.116. The molecule has 2 saturated heterocycles. The molecule has 0 aromatic carbocycles. The summed E-state index contributed by atoms with van der Waals surface area (Å²) >= 11 is 0. The van der Waals surface area contributed by atoms with Crippen LogP contribution in [0.15, 0.2) is 18.3 Å². The van der Waals surface area contributed by atoms with Crippen LogP contribution >= 0.6 is 0 Å². The zero-order valence-electron chi connectivity index (χ0n) is 10.9. The first-order valence-corrected chi connectivity index (χ1v) is 6.86. The molecule has 1 N–H and O–H groups in total. The maximum absolute atomic E-state index is 13.5. The van der Waals surface area contributed by atoms with Crippen LogP contribution in [-0.2, 0) is 4.74 Å². The first-order chi connectivity index (χ1) is 9.30. The van der Waals surface area contributed by atoms with Crippen molar-refractivity contribution in [2.45, 2.75) is 25.4 Å². The van der Waals surface area contributed by atoms with Gasteiger partial charge in [-0.1, -0.05) is 0 Å². The molecule has 3 rings (SSSR count). The smallest absolute Gasteiger partial charge is 0.250 e. The van der Waals surface area contributed by atoms with E-state index in [4.69, 9.17) is 9.47 Å². The lowest BCUT2D eigenvalue weighted by Crippen LogP contribution is -2.56. The molecule has 3 heterocycles. The van der Waals surface area contributed by atoms with Crippen molar-refractivity contribution in [2.75, 3.05) is 26.3 Å². The number of hydrogen-bond donors (Lipinski definition) is 1. The Morgan fingerprint density at radius 3 is 3.42 bits per heavy atom. The number of halogens is 1. The van der Waals surface area contributed by atoms with Gasteiger partial charge in [-0.25, -0.2) is 9.37 Å². The molecule has 0 unspecified atom stereocenters. The summed E-state index contributed by atoms with van der Waals surface area (Å²) in [5.74, 6) is -0.317. The number of nitrogens with zero attached hydrogens (tertiary/aromatic N) is 1. The molecule has 1 aromatic rings. The summed E-state index contributed by atoms with van der Waals surface area (Å²) in [6.07, 6.45) is 4.85. The van der Waals surface area contributed by atoms with Crippen molar-refractivity contribution in [3.63, 3.8) is 0 Å². The Hall–Kier alpha value is -1.20. The minimum Gasteiger partial charge on any atom is -0.475 e. The molecule has 1 aromatic heterocycles. The average Bonchev–Trinajstić information content (AvgIpc) is 2.46. The molecule has 104 valence electrons. The first kappa shape index (κ1) is 12.8. The summed E-state index contributed by atoms with van der Waals surface area (Å²) in [6.45, 7) is 3.12. The lowest BCUT2D eigenvalue weighted by Gasteiger charge is -2.46. The fourth-order valence-corrected chi connectivity index (χ4v) is 3.06. The molecular formula is C14H19FN2O2. The van der Waals surface area contributed by atoms with Crippen molar-refractivity contribution in [3.8, 4) is 5.88 Å². The highest BCUT2D eigenvalue weighted by atomic mass is 19.1.